The fourth-order valence-electron chi connectivity index (χ4n) is 1.42. The molecule has 0 aliphatic rings. The first kappa shape index (κ1) is 13.1. The molecule has 0 bridgehead atoms. The average Bonchev–Trinajstić information content (AvgIpc) is 2.39. The topological polar surface area (TPSA) is 43.1 Å². The zero-order chi connectivity index (χ0) is 13.8. The molecule has 0 amide bonds. The van der Waals surface area contributed by atoms with Crippen molar-refractivity contribution in [1.82, 2.24) is 0 Å². The first-order chi connectivity index (χ1) is 9.08. The lowest BCUT2D eigenvalue weighted by atomic mass is 10.1. The van der Waals surface area contributed by atoms with Crippen molar-refractivity contribution in [2.75, 3.05) is 0 Å². The maximum Gasteiger partial charge on any atom is 0.270 e. The Morgan fingerprint density at radius 3 is 2.47 bits per heavy atom. The molecule has 0 atom stereocenters. The van der Waals surface area contributed by atoms with Crippen LogP contribution in [0.2, 0.25) is 5.02 Å². The Balaban J connectivity index is 2.42. The van der Waals surface area contributed by atoms with Gasteiger partial charge in [-0.25, -0.2) is 4.39 Å². The SMILES string of the molecule is O=[N+]([O-])c1ccc(Cl)c(C#Cc2ccccc2F)c1. The molecule has 2 rings (SSSR count). The van der Waals surface area contributed by atoms with Gasteiger partial charge in [0, 0.05) is 12.1 Å². The van der Waals surface area contributed by atoms with Crippen LogP contribution < -0.4 is 0 Å². The molecule has 0 saturated carbocycles. The van der Waals surface area contributed by atoms with E-state index in [9.17, 15) is 14.5 Å². The molecule has 0 radical (unpaired) electrons. The second-order valence-electron chi connectivity index (χ2n) is 3.65. The second-order valence-corrected chi connectivity index (χ2v) is 4.06. The summed E-state index contributed by atoms with van der Waals surface area (Å²) in [5, 5.41) is 10.9. The molecule has 2 aromatic rings. The lowest BCUT2D eigenvalue weighted by molar-refractivity contribution is -0.384. The van der Waals surface area contributed by atoms with Crippen LogP contribution in [0.3, 0.4) is 0 Å². The van der Waals surface area contributed by atoms with Gasteiger partial charge in [-0.3, -0.25) is 10.1 Å². The molecule has 0 spiro atoms. The molecule has 94 valence electrons. The first-order valence-electron chi connectivity index (χ1n) is 5.28. The van der Waals surface area contributed by atoms with E-state index in [1.165, 1.54) is 30.3 Å². The number of non-ortho nitro benzene ring substituents is 1. The van der Waals surface area contributed by atoms with Gasteiger partial charge in [0.15, 0.2) is 0 Å². The van der Waals surface area contributed by atoms with Crippen LogP contribution in [0.1, 0.15) is 11.1 Å². The van der Waals surface area contributed by atoms with E-state index in [1.807, 2.05) is 0 Å². The van der Waals surface area contributed by atoms with E-state index >= 15 is 0 Å². The number of nitro benzene ring substituents is 1. The van der Waals surface area contributed by atoms with Crippen molar-refractivity contribution in [2.45, 2.75) is 0 Å². The Hall–Kier alpha value is -2.38. The van der Waals surface area contributed by atoms with E-state index < -0.39 is 10.7 Å². The van der Waals surface area contributed by atoms with Crippen LogP contribution in [-0.2, 0) is 0 Å². The minimum absolute atomic E-state index is 0.109. The highest BCUT2D eigenvalue weighted by atomic mass is 35.5. The molecule has 3 nitrogen and oxygen atoms in total. The highest BCUT2D eigenvalue weighted by Gasteiger charge is 2.08. The Morgan fingerprint density at radius 2 is 1.79 bits per heavy atom. The molecular weight excluding hydrogens is 269 g/mol. The summed E-state index contributed by atoms with van der Waals surface area (Å²) in [6.07, 6.45) is 0. The lowest BCUT2D eigenvalue weighted by Gasteiger charge is -1.96. The van der Waals surface area contributed by atoms with Crippen LogP contribution in [0.15, 0.2) is 42.5 Å². The molecule has 0 aliphatic heterocycles. The summed E-state index contributed by atoms with van der Waals surface area (Å²) in [5.74, 6) is 4.80. The fourth-order valence-corrected chi connectivity index (χ4v) is 1.58. The number of benzene rings is 2. The van der Waals surface area contributed by atoms with Crippen molar-refractivity contribution in [3.8, 4) is 11.8 Å². The monoisotopic (exact) mass is 275 g/mol. The highest BCUT2D eigenvalue weighted by molar-refractivity contribution is 6.31. The normalized spacial score (nSPS) is 9.58. The molecule has 0 heterocycles. The van der Waals surface area contributed by atoms with Crippen molar-refractivity contribution in [1.29, 1.82) is 0 Å². The van der Waals surface area contributed by atoms with Crippen molar-refractivity contribution >= 4 is 17.3 Å². The molecule has 2 aromatic carbocycles. The van der Waals surface area contributed by atoms with E-state index in [0.29, 0.717) is 5.56 Å². The number of halogens is 2. The van der Waals surface area contributed by atoms with Crippen LogP contribution in [0, 0.1) is 27.8 Å². The number of rotatable bonds is 1. The summed E-state index contributed by atoms with van der Waals surface area (Å²) in [6.45, 7) is 0. The van der Waals surface area contributed by atoms with Gasteiger partial charge in [-0.2, -0.15) is 0 Å². The van der Waals surface area contributed by atoms with Crippen LogP contribution in [0.5, 0.6) is 0 Å². The number of nitrogens with zero attached hydrogens (tertiary/aromatic N) is 1. The van der Waals surface area contributed by atoms with Gasteiger partial charge in [-0.05, 0) is 18.2 Å². The van der Waals surface area contributed by atoms with Gasteiger partial charge in [0.05, 0.1) is 21.1 Å². The summed E-state index contributed by atoms with van der Waals surface area (Å²) >= 11 is 5.89. The van der Waals surface area contributed by atoms with Crippen LogP contribution in [0.4, 0.5) is 10.1 Å². The Labute approximate surface area is 113 Å². The van der Waals surface area contributed by atoms with Crippen molar-refractivity contribution < 1.29 is 9.31 Å². The van der Waals surface area contributed by atoms with Crippen LogP contribution >= 0.6 is 11.6 Å². The van der Waals surface area contributed by atoms with E-state index in [4.69, 9.17) is 11.6 Å². The van der Waals surface area contributed by atoms with Crippen molar-refractivity contribution in [3.05, 3.63) is 74.5 Å². The van der Waals surface area contributed by atoms with E-state index in [2.05, 4.69) is 11.8 Å². The van der Waals surface area contributed by atoms with Gasteiger partial charge in [0.25, 0.3) is 5.69 Å². The third-order valence-corrected chi connectivity index (χ3v) is 2.70. The summed E-state index contributed by atoms with van der Waals surface area (Å²) < 4.78 is 13.4. The number of hydrogen-bond donors (Lipinski definition) is 0. The highest BCUT2D eigenvalue weighted by Crippen LogP contribution is 2.21. The van der Waals surface area contributed by atoms with Gasteiger partial charge < -0.3 is 0 Å². The van der Waals surface area contributed by atoms with Gasteiger partial charge in [0.2, 0.25) is 0 Å². The van der Waals surface area contributed by atoms with Crippen LogP contribution in [0.25, 0.3) is 0 Å². The second kappa shape index (κ2) is 5.51. The minimum Gasteiger partial charge on any atom is -0.258 e. The maximum atomic E-state index is 13.4. The Kier molecular flexibility index (Phi) is 3.79. The lowest BCUT2D eigenvalue weighted by Crippen LogP contribution is -1.89. The standard InChI is InChI=1S/C14H7ClFNO2/c15-13-8-7-12(17(18)19)9-11(13)6-5-10-3-1-2-4-14(10)16/h1-4,7-9H. The van der Waals surface area contributed by atoms with E-state index in [0.717, 1.165) is 0 Å². The molecule has 0 aromatic heterocycles. The molecule has 0 N–H and O–H groups in total. The number of hydrogen-bond acceptors (Lipinski definition) is 2. The molecule has 0 saturated heterocycles. The molecule has 0 fully saturated rings. The largest absolute Gasteiger partial charge is 0.270 e. The third kappa shape index (κ3) is 3.09. The summed E-state index contributed by atoms with van der Waals surface area (Å²) in [4.78, 5) is 10.1. The van der Waals surface area contributed by atoms with Gasteiger partial charge in [0.1, 0.15) is 5.82 Å². The predicted octanol–water partition coefficient (Wildman–Crippen LogP) is 3.79. The first-order valence-corrected chi connectivity index (χ1v) is 5.66. The van der Waals surface area contributed by atoms with E-state index in [-0.39, 0.29) is 16.3 Å². The summed E-state index contributed by atoms with van der Waals surface area (Å²) in [7, 11) is 0. The van der Waals surface area contributed by atoms with Gasteiger partial charge >= 0.3 is 0 Å². The zero-order valence-electron chi connectivity index (χ0n) is 9.56. The fraction of sp³-hybridized carbons (Fsp3) is 0. The number of nitro groups is 1. The maximum absolute atomic E-state index is 13.4. The quantitative estimate of drug-likeness (QED) is 0.451. The Bertz CT molecular complexity index is 704. The molecule has 19 heavy (non-hydrogen) atoms. The van der Waals surface area contributed by atoms with Crippen molar-refractivity contribution in [3.63, 3.8) is 0 Å². The third-order valence-electron chi connectivity index (χ3n) is 2.37. The summed E-state index contributed by atoms with van der Waals surface area (Å²) in [6, 6.07) is 9.97. The van der Waals surface area contributed by atoms with Gasteiger partial charge in [-0.1, -0.05) is 35.6 Å². The van der Waals surface area contributed by atoms with Crippen molar-refractivity contribution in [2.24, 2.45) is 0 Å². The predicted molar refractivity (Wildman–Crippen MR) is 70.5 cm³/mol. The molecule has 0 aliphatic carbocycles. The Morgan fingerprint density at radius 1 is 1.11 bits per heavy atom. The van der Waals surface area contributed by atoms with Gasteiger partial charge in [-0.15, -0.1) is 0 Å². The van der Waals surface area contributed by atoms with E-state index in [1.54, 1.807) is 12.1 Å². The van der Waals surface area contributed by atoms with Crippen LogP contribution in [-0.4, -0.2) is 4.92 Å². The average molecular weight is 276 g/mol. The zero-order valence-corrected chi connectivity index (χ0v) is 10.3. The molecule has 0 unspecified atom stereocenters. The molecular formula is C14H7ClFNO2. The summed E-state index contributed by atoms with van der Waals surface area (Å²) in [5.41, 5.74) is 0.395. The molecule has 5 heteroatoms. The minimum atomic E-state index is -0.537. The smallest absolute Gasteiger partial charge is 0.258 e.